The van der Waals surface area contributed by atoms with Crippen molar-refractivity contribution in [2.45, 2.75) is 248 Å². The second kappa shape index (κ2) is 22.7. The molecule has 0 radical (unpaired) electrons. The molecule has 14 N–H and O–H groups in total. The highest BCUT2D eigenvalue weighted by molar-refractivity contribution is 5.20. The minimum absolute atomic E-state index is 0.0508. The number of hydrogen-bond acceptors (Lipinski definition) is 22. The van der Waals surface area contributed by atoms with Crippen molar-refractivity contribution in [3.63, 3.8) is 0 Å². The summed E-state index contributed by atoms with van der Waals surface area (Å²) in [5.41, 5.74) is -1.48. The van der Waals surface area contributed by atoms with E-state index in [0.29, 0.717) is 38.5 Å². The Labute approximate surface area is 439 Å². The molecule has 0 bridgehead atoms. The van der Waals surface area contributed by atoms with Gasteiger partial charge in [-0.25, -0.2) is 0 Å². The van der Waals surface area contributed by atoms with Gasteiger partial charge in [-0.3, -0.25) is 0 Å². The summed E-state index contributed by atoms with van der Waals surface area (Å²) >= 11 is 0. The molecule has 0 aromatic heterocycles. The van der Waals surface area contributed by atoms with Crippen LogP contribution in [0.5, 0.6) is 0 Å². The maximum absolute atomic E-state index is 12.8. The quantitative estimate of drug-likeness (QED) is 0.0651. The molecule has 4 saturated carbocycles. The minimum Gasteiger partial charge on any atom is -0.394 e. The maximum atomic E-state index is 12.8. The molecule has 8 aliphatic rings. The van der Waals surface area contributed by atoms with Gasteiger partial charge in [0.1, 0.15) is 91.6 Å². The van der Waals surface area contributed by atoms with Gasteiger partial charge in [0.05, 0.1) is 44.2 Å². The second-order valence-electron chi connectivity index (χ2n) is 25.3. The fourth-order valence-corrected chi connectivity index (χ4v) is 16.0. The fourth-order valence-electron chi connectivity index (χ4n) is 16.0. The SMILES string of the molecule is CC(C)=CCC[C@](C)(O[C@H]1O[C@H](CO[C@H]2OC[C@@H](O)[C@@H](O)[C@H]2O)[C@@H](O)[C@@H](O)[C@H]1O)[C@H]1CC[C@]2(C)[C@@H]1[C@@H](O)C[C@H]1[C@@]3(C)CC[C@@H](O[C@H]4O[C@H](CO)[C@@H](O)[C@@H](O)[C@H]4O[C@H]4O[C@H](CO)[C@@H](O)[C@@H](O)[C@H]4O)C(C)(C)[C@@H]3CC[C@]12C. The van der Waals surface area contributed by atoms with Crippen molar-refractivity contribution in [1.29, 1.82) is 0 Å². The van der Waals surface area contributed by atoms with E-state index in [2.05, 4.69) is 40.7 Å². The van der Waals surface area contributed by atoms with Crippen LogP contribution in [0.15, 0.2) is 11.6 Å². The summed E-state index contributed by atoms with van der Waals surface area (Å²) < 4.78 is 48.8. The zero-order valence-electron chi connectivity index (χ0n) is 44.7. The average molecular weight is 1080 g/mol. The topological polar surface area (TPSA) is 357 Å². The first-order valence-electron chi connectivity index (χ1n) is 27.3. The maximum Gasteiger partial charge on any atom is 0.187 e. The van der Waals surface area contributed by atoms with E-state index in [4.69, 9.17) is 37.9 Å². The van der Waals surface area contributed by atoms with Crippen LogP contribution in [0.3, 0.4) is 0 Å². The first-order chi connectivity index (χ1) is 35.1. The largest absolute Gasteiger partial charge is 0.394 e. The van der Waals surface area contributed by atoms with Crippen LogP contribution in [-0.4, -0.2) is 232 Å². The number of rotatable bonds is 15. The van der Waals surface area contributed by atoms with Crippen molar-refractivity contribution in [1.82, 2.24) is 0 Å². The Morgan fingerprint density at radius 1 is 0.587 bits per heavy atom. The molecule has 4 heterocycles. The number of fused-ring (bicyclic) bond motifs is 5. The third-order valence-electron chi connectivity index (χ3n) is 20.5. The Morgan fingerprint density at radius 3 is 1.80 bits per heavy atom. The second-order valence-corrected chi connectivity index (χ2v) is 25.3. The molecular formula is C53H90O22. The Balaban J connectivity index is 1.01. The standard InChI is InChI=1S/C53H90O22/c1-23(2)10-9-14-53(8,75-47-43(67)39(63)37(61)29(72-47)22-69-45-41(65)34(58)26(57)21-68-45)24-11-16-52(7)33(24)25(56)18-31-50(5)15-13-32(49(3,4)30(50)12-17-51(31,52)6)73-48-44(40(64)36(60)28(20-55)71-48)74-46-42(66)38(62)35(59)27(19-54)70-46/h10,24-48,54-67H,9,11-22H2,1-8H3/t24-,25-,26+,27+,28+,29+,30-,31-,32+,33-,34+,35+,36+,37+,38+,39+,40+,41+,42+,43+,44+,45+,46+,47+,48+,50-,51+,52+,53-/m0/s1. The summed E-state index contributed by atoms with van der Waals surface area (Å²) in [6.07, 6.45) is -22.6. The van der Waals surface area contributed by atoms with Gasteiger partial charge in [-0.2, -0.15) is 0 Å². The molecule has 4 saturated heterocycles. The molecular weight excluding hydrogens is 989 g/mol. The van der Waals surface area contributed by atoms with Crippen LogP contribution in [0.25, 0.3) is 0 Å². The predicted molar refractivity (Wildman–Crippen MR) is 260 cm³/mol. The van der Waals surface area contributed by atoms with E-state index in [0.717, 1.165) is 24.8 Å². The van der Waals surface area contributed by atoms with Crippen LogP contribution in [0, 0.1) is 45.3 Å². The van der Waals surface area contributed by atoms with Gasteiger partial charge in [-0.15, -0.1) is 0 Å². The van der Waals surface area contributed by atoms with E-state index >= 15 is 0 Å². The molecule has 4 aliphatic carbocycles. The van der Waals surface area contributed by atoms with E-state index < -0.39 is 165 Å². The Hall–Kier alpha value is -1.14. The molecule has 22 nitrogen and oxygen atoms in total. The number of aliphatic hydroxyl groups is 14. The molecule has 29 atom stereocenters. The van der Waals surface area contributed by atoms with Crippen LogP contribution in [0.2, 0.25) is 0 Å². The van der Waals surface area contributed by atoms with Crippen LogP contribution in [-0.2, 0) is 37.9 Å². The van der Waals surface area contributed by atoms with E-state index in [9.17, 15) is 71.5 Å². The van der Waals surface area contributed by atoms with Crippen molar-refractivity contribution < 1.29 is 109 Å². The average Bonchev–Trinajstić information content (AvgIpc) is 3.75. The Kier molecular flexibility index (Phi) is 18.1. The minimum atomic E-state index is -1.81. The lowest BCUT2D eigenvalue weighted by atomic mass is 9.35. The third kappa shape index (κ3) is 10.6. The zero-order valence-corrected chi connectivity index (χ0v) is 44.7. The first-order valence-corrected chi connectivity index (χ1v) is 27.3. The van der Waals surface area contributed by atoms with E-state index in [1.54, 1.807) is 0 Å². The summed E-state index contributed by atoms with van der Waals surface area (Å²) in [4.78, 5) is 0. The zero-order chi connectivity index (χ0) is 55.1. The molecule has 0 amide bonds. The van der Waals surface area contributed by atoms with Gasteiger partial charge >= 0.3 is 0 Å². The highest BCUT2D eigenvalue weighted by Gasteiger charge is 2.72. The summed E-state index contributed by atoms with van der Waals surface area (Å²) in [5, 5.41) is 151. The van der Waals surface area contributed by atoms with Gasteiger partial charge < -0.3 is 109 Å². The van der Waals surface area contributed by atoms with Gasteiger partial charge in [0, 0.05) is 0 Å². The molecule has 0 aromatic carbocycles. The molecule has 8 rings (SSSR count). The van der Waals surface area contributed by atoms with E-state index in [-0.39, 0.29) is 41.1 Å². The normalized spacial score (nSPS) is 52.7. The van der Waals surface area contributed by atoms with Gasteiger partial charge in [0.15, 0.2) is 25.2 Å². The molecule has 0 aromatic rings. The van der Waals surface area contributed by atoms with Gasteiger partial charge in [-0.1, -0.05) is 46.3 Å². The van der Waals surface area contributed by atoms with Crippen molar-refractivity contribution in [3.8, 4) is 0 Å². The number of allylic oxidation sites excluding steroid dienone is 2. The van der Waals surface area contributed by atoms with E-state index in [1.807, 2.05) is 20.8 Å². The molecule has 8 fully saturated rings. The highest BCUT2D eigenvalue weighted by Crippen LogP contribution is 2.76. The summed E-state index contributed by atoms with van der Waals surface area (Å²) in [6.45, 7) is 15.1. The molecule has 4 aliphatic heterocycles. The Bertz CT molecular complexity index is 1940. The molecule has 0 spiro atoms. The smallest absolute Gasteiger partial charge is 0.187 e. The first kappa shape index (κ1) is 60.0. The third-order valence-corrected chi connectivity index (χ3v) is 20.5. The van der Waals surface area contributed by atoms with Gasteiger partial charge in [-0.05, 0) is 124 Å². The van der Waals surface area contributed by atoms with Gasteiger partial charge in [0.2, 0.25) is 0 Å². The lowest BCUT2D eigenvalue weighted by Crippen LogP contribution is -2.68. The lowest BCUT2D eigenvalue weighted by Gasteiger charge is -2.71. The monoisotopic (exact) mass is 1080 g/mol. The number of hydrogen-bond donors (Lipinski definition) is 14. The van der Waals surface area contributed by atoms with Crippen molar-refractivity contribution in [2.75, 3.05) is 26.4 Å². The van der Waals surface area contributed by atoms with Crippen molar-refractivity contribution >= 4 is 0 Å². The molecule has 22 heteroatoms. The van der Waals surface area contributed by atoms with Gasteiger partial charge in [0.25, 0.3) is 0 Å². The summed E-state index contributed by atoms with van der Waals surface area (Å²) in [7, 11) is 0. The number of ether oxygens (including phenoxy) is 8. The summed E-state index contributed by atoms with van der Waals surface area (Å²) in [5.74, 6) is -0.395. The molecule has 0 unspecified atom stereocenters. The molecule has 434 valence electrons. The van der Waals surface area contributed by atoms with Crippen LogP contribution < -0.4 is 0 Å². The van der Waals surface area contributed by atoms with Crippen LogP contribution in [0.1, 0.15) is 113 Å². The van der Waals surface area contributed by atoms with Crippen LogP contribution in [0.4, 0.5) is 0 Å². The Morgan fingerprint density at radius 2 is 1.16 bits per heavy atom. The van der Waals surface area contributed by atoms with Crippen molar-refractivity contribution in [2.24, 2.45) is 45.3 Å². The lowest BCUT2D eigenvalue weighted by molar-refractivity contribution is -0.378. The highest BCUT2D eigenvalue weighted by atomic mass is 16.8. The predicted octanol–water partition coefficient (Wildman–Crippen LogP) is -1.56. The number of aliphatic hydroxyl groups excluding tert-OH is 14. The van der Waals surface area contributed by atoms with Crippen molar-refractivity contribution in [3.05, 3.63) is 11.6 Å². The van der Waals surface area contributed by atoms with E-state index in [1.165, 1.54) is 0 Å². The molecule has 75 heavy (non-hydrogen) atoms. The van der Waals surface area contributed by atoms with Crippen LogP contribution >= 0.6 is 0 Å². The summed E-state index contributed by atoms with van der Waals surface area (Å²) in [6, 6.07) is 0. The fraction of sp³-hybridized carbons (Fsp3) is 0.962.